The molecular formula is C11H14N2. The molecule has 0 aliphatic rings. The van der Waals surface area contributed by atoms with E-state index in [0.717, 1.165) is 0 Å². The van der Waals surface area contributed by atoms with Gasteiger partial charge in [-0.05, 0) is 11.6 Å². The predicted octanol–water partition coefficient (Wildman–Crippen LogP) is 2.25. The van der Waals surface area contributed by atoms with Gasteiger partial charge in [-0.2, -0.15) is 5.10 Å². The van der Waals surface area contributed by atoms with E-state index in [9.17, 15) is 0 Å². The molecule has 0 aliphatic heterocycles. The summed E-state index contributed by atoms with van der Waals surface area (Å²) in [5.74, 6) is 0. The Morgan fingerprint density at radius 1 is 1.15 bits per heavy atom. The van der Waals surface area contributed by atoms with Crippen LogP contribution in [0.2, 0.25) is 0 Å². The Morgan fingerprint density at radius 2 is 1.85 bits per heavy atom. The van der Waals surface area contributed by atoms with Crippen molar-refractivity contribution in [3.63, 3.8) is 0 Å². The molecule has 13 heavy (non-hydrogen) atoms. The molecule has 0 N–H and O–H groups in total. The zero-order valence-electron chi connectivity index (χ0n) is 8.01. The number of benzene rings is 1. The SMILES string of the molecule is CN(C)N=C/C=C/c1ccccc1. The molecule has 2 heteroatoms. The second-order valence-corrected chi connectivity index (χ2v) is 2.88. The number of hydrogen-bond donors (Lipinski definition) is 0. The maximum absolute atomic E-state index is 4.06. The van der Waals surface area contributed by atoms with E-state index in [1.54, 1.807) is 11.2 Å². The standard InChI is InChI=1S/C11H14N2/c1-13(2)12-10-6-9-11-7-4-3-5-8-11/h3-10H,1-2H3/b9-6+,12-10?. The fraction of sp³-hybridized carbons (Fsp3) is 0.182. The Balaban J connectivity index is 2.50. The van der Waals surface area contributed by atoms with Crippen molar-refractivity contribution in [1.82, 2.24) is 5.01 Å². The van der Waals surface area contributed by atoms with Gasteiger partial charge in [0.15, 0.2) is 0 Å². The highest BCUT2D eigenvalue weighted by atomic mass is 15.4. The lowest BCUT2D eigenvalue weighted by Crippen LogP contribution is -2.00. The Morgan fingerprint density at radius 3 is 2.46 bits per heavy atom. The molecule has 0 heterocycles. The topological polar surface area (TPSA) is 15.6 Å². The molecule has 0 atom stereocenters. The van der Waals surface area contributed by atoms with Crippen LogP contribution in [0.5, 0.6) is 0 Å². The van der Waals surface area contributed by atoms with Crippen molar-refractivity contribution in [2.75, 3.05) is 14.1 Å². The van der Waals surface area contributed by atoms with Crippen molar-refractivity contribution in [1.29, 1.82) is 0 Å². The normalized spacial score (nSPS) is 11.2. The fourth-order valence-electron chi connectivity index (χ4n) is 0.890. The van der Waals surface area contributed by atoms with Crippen molar-refractivity contribution in [3.05, 3.63) is 42.0 Å². The largest absolute Gasteiger partial charge is 0.303 e. The van der Waals surface area contributed by atoms with Gasteiger partial charge in [0.25, 0.3) is 0 Å². The Labute approximate surface area is 79.2 Å². The van der Waals surface area contributed by atoms with E-state index in [0.29, 0.717) is 0 Å². The summed E-state index contributed by atoms with van der Waals surface area (Å²) < 4.78 is 0. The second kappa shape index (κ2) is 5.14. The van der Waals surface area contributed by atoms with Gasteiger partial charge in [-0.3, -0.25) is 0 Å². The van der Waals surface area contributed by atoms with Crippen LogP contribution in [0.4, 0.5) is 0 Å². The number of rotatable bonds is 3. The lowest BCUT2D eigenvalue weighted by atomic mass is 10.2. The maximum Gasteiger partial charge on any atom is 0.0470 e. The number of hydrazone groups is 1. The van der Waals surface area contributed by atoms with E-state index in [4.69, 9.17) is 0 Å². The Kier molecular flexibility index (Phi) is 3.76. The monoisotopic (exact) mass is 174 g/mol. The molecule has 1 rings (SSSR count). The summed E-state index contributed by atoms with van der Waals surface area (Å²) in [5.41, 5.74) is 1.19. The molecule has 0 saturated carbocycles. The van der Waals surface area contributed by atoms with Gasteiger partial charge in [-0.15, -0.1) is 0 Å². The third-order valence-corrected chi connectivity index (χ3v) is 1.47. The van der Waals surface area contributed by atoms with Crippen LogP contribution >= 0.6 is 0 Å². The number of allylic oxidation sites excluding steroid dienone is 1. The van der Waals surface area contributed by atoms with Crippen LogP contribution in [0.15, 0.2) is 41.5 Å². The summed E-state index contributed by atoms with van der Waals surface area (Å²) in [6.07, 6.45) is 5.72. The molecule has 0 amide bonds. The van der Waals surface area contributed by atoms with E-state index in [1.165, 1.54) is 5.56 Å². The van der Waals surface area contributed by atoms with Crippen molar-refractivity contribution in [2.45, 2.75) is 0 Å². The van der Waals surface area contributed by atoms with Gasteiger partial charge in [0.05, 0.1) is 0 Å². The van der Waals surface area contributed by atoms with Crippen LogP contribution < -0.4 is 0 Å². The molecule has 0 aromatic heterocycles. The van der Waals surface area contributed by atoms with Crippen LogP contribution in [0.1, 0.15) is 5.56 Å². The first kappa shape index (κ1) is 9.52. The van der Waals surface area contributed by atoms with E-state index in [1.807, 2.05) is 44.4 Å². The maximum atomic E-state index is 4.06. The van der Waals surface area contributed by atoms with E-state index in [2.05, 4.69) is 17.2 Å². The molecule has 68 valence electrons. The highest BCUT2D eigenvalue weighted by molar-refractivity contribution is 5.77. The molecular weight excluding hydrogens is 160 g/mol. The van der Waals surface area contributed by atoms with Gasteiger partial charge in [0, 0.05) is 20.3 Å². The molecule has 1 aromatic carbocycles. The predicted molar refractivity (Wildman–Crippen MR) is 57.7 cm³/mol. The highest BCUT2D eigenvalue weighted by Gasteiger charge is 1.80. The average Bonchev–Trinajstić information content (AvgIpc) is 2.14. The molecule has 0 unspecified atom stereocenters. The molecule has 2 nitrogen and oxygen atoms in total. The molecule has 0 spiro atoms. The minimum absolute atomic E-state index is 1.19. The molecule has 1 aromatic rings. The van der Waals surface area contributed by atoms with Gasteiger partial charge in [-0.1, -0.05) is 36.4 Å². The van der Waals surface area contributed by atoms with Gasteiger partial charge in [-0.25, -0.2) is 0 Å². The van der Waals surface area contributed by atoms with Gasteiger partial charge >= 0.3 is 0 Å². The summed E-state index contributed by atoms with van der Waals surface area (Å²) in [4.78, 5) is 0. The van der Waals surface area contributed by atoms with Crippen molar-refractivity contribution < 1.29 is 0 Å². The minimum atomic E-state index is 1.19. The summed E-state index contributed by atoms with van der Waals surface area (Å²) in [7, 11) is 3.79. The molecule has 0 fully saturated rings. The number of nitrogens with zero attached hydrogens (tertiary/aromatic N) is 2. The zero-order chi connectivity index (χ0) is 9.52. The Hall–Kier alpha value is -1.57. The summed E-state index contributed by atoms with van der Waals surface area (Å²) in [6.45, 7) is 0. The van der Waals surface area contributed by atoms with E-state index < -0.39 is 0 Å². The van der Waals surface area contributed by atoms with Gasteiger partial charge in [0.2, 0.25) is 0 Å². The van der Waals surface area contributed by atoms with Crippen molar-refractivity contribution in [3.8, 4) is 0 Å². The fourth-order valence-corrected chi connectivity index (χ4v) is 0.890. The molecule has 0 bridgehead atoms. The van der Waals surface area contributed by atoms with Gasteiger partial charge in [0.1, 0.15) is 0 Å². The molecule has 0 aliphatic carbocycles. The quantitative estimate of drug-likeness (QED) is 0.507. The van der Waals surface area contributed by atoms with Gasteiger partial charge < -0.3 is 5.01 Å². The third kappa shape index (κ3) is 4.11. The van der Waals surface area contributed by atoms with E-state index >= 15 is 0 Å². The first-order valence-electron chi connectivity index (χ1n) is 4.22. The van der Waals surface area contributed by atoms with Crippen LogP contribution in [0.25, 0.3) is 6.08 Å². The van der Waals surface area contributed by atoms with Crippen molar-refractivity contribution in [2.24, 2.45) is 5.10 Å². The lowest BCUT2D eigenvalue weighted by Gasteiger charge is -1.99. The smallest absolute Gasteiger partial charge is 0.0470 e. The van der Waals surface area contributed by atoms with Crippen LogP contribution in [0.3, 0.4) is 0 Å². The molecule has 0 saturated heterocycles. The van der Waals surface area contributed by atoms with Crippen LogP contribution in [-0.2, 0) is 0 Å². The van der Waals surface area contributed by atoms with E-state index in [-0.39, 0.29) is 0 Å². The summed E-state index contributed by atoms with van der Waals surface area (Å²) >= 11 is 0. The number of hydrogen-bond acceptors (Lipinski definition) is 2. The Bertz CT molecular complexity index is 286. The average molecular weight is 174 g/mol. The zero-order valence-corrected chi connectivity index (χ0v) is 8.01. The lowest BCUT2D eigenvalue weighted by molar-refractivity contribution is 0.440. The first-order chi connectivity index (χ1) is 6.29. The highest BCUT2D eigenvalue weighted by Crippen LogP contribution is 1.99. The van der Waals surface area contributed by atoms with Crippen LogP contribution in [-0.4, -0.2) is 25.3 Å². The van der Waals surface area contributed by atoms with Crippen LogP contribution in [0, 0.1) is 0 Å². The van der Waals surface area contributed by atoms with Crippen molar-refractivity contribution >= 4 is 12.3 Å². The minimum Gasteiger partial charge on any atom is -0.303 e. The summed E-state index contributed by atoms with van der Waals surface area (Å²) in [6, 6.07) is 10.1. The first-order valence-corrected chi connectivity index (χ1v) is 4.22. The molecule has 0 radical (unpaired) electrons. The third-order valence-electron chi connectivity index (χ3n) is 1.47. The summed E-state index contributed by atoms with van der Waals surface area (Å²) in [5, 5.41) is 5.82. The second-order valence-electron chi connectivity index (χ2n) is 2.88.